The standard InChI is InChI=1S/C22H17N3O4/c1-13-3-7-16(8-4-13)22(27)28-17-9-5-15(6-10-17)12-18-20(23)25-19(24-21(18)26)11-14(2)29-25/h3-12,23H,1-2H3/b18-12+,23-20?. The van der Waals surface area contributed by atoms with Gasteiger partial charge in [0.15, 0.2) is 11.7 Å². The van der Waals surface area contributed by atoms with E-state index in [-0.39, 0.29) is 11.4 Å². The molecule has 7 nitrogen and oxygen atoms in total. The lowest BCUT2D eigenvalue weighted by Gasteiger charge is -2.22. The van der Waals surface area contributed by atoms with Gasteiger partial charge in [-0.25, -0.2) is 4.79 Å². The van der Waals surface area contributed by atoms with E-state index in [2.05, 4.69) is 4.99 Å². The lowest BCUT2D eigenvalue weighted by atomic mass is 10.1. The first-order chi connectivity index (χ1) is 13.9. The fourth-order valence-corrected chi connectivity index (χ4v) is 2.85. The Labute approximate surface area is 167 Å². The summed E-state index contributed by atoms with van der Waals surface area (Å²) in [7, 11) is 0. The van der Waals surface area contributed by atoms with Crippen LogP contribution < -0.4 is 4.74 Å². The number of benzene rings is 2. The van der Waals surface area contributed by atoms with Crippen molar-refractivity contribution in [1.82, 2.24) is 5.06 Å². The fraction of sp³-hybridized carbons (Fsp3) is 0.0909. The molecule has 0 radical (unpaired) electrons. The second-order valence-electron chi connectivity index (χ2n) is 6.65. The number of hydroxylamine groups is 2. The number of aryl methyl sites for hydroxylation is 1. The van der Waals surface area contributed by atoms with Crippen molar-refractivity contribution in [2.75, 3.05) is 0 Å². The van der Waals surface area contributed by atoms with Crippen LogP contribution in [-0.4, -0.2) is 28.6 Å². The molecule has 2 aliphatic heterocycles. The van der Waals surface area contributed by atoms with Gasteiger partial charge < -0.3 is 9.57 Å². The topological polar surface area (TPSA) is 92.0 Å². The number of ether oxygens (including phenoxy) is 1. The number of amides is 1. The van der Waals surface area contributed by atoms with Gasteiger partial charge in [-0.05, 0) is 49.8 Å². The van der Waals surface area contributed by atoms with Crippen LogP contribution in [0.5, 0.6) is 5.75 Å². The molecule has 0 bridgehead atoms. The van der Waals surface area contributed by atoms with E-state index < -0.39 is 11.9 Å². The highest BCUT2D eigenvalue weighted by Crippen LogP contribution is 2.24. The summed E-state index contributed by atoms with van der Waals surface area (Å²) in [4.78, 5) is 33.8. The first-order valence-electron chi connectivity index (χ1n) is 8.90. The minimum atomic E-state index is -0.509. The van der Waals surface area contributed by atoms with E-state index in [0.29, 0.717) is 28.5 Å². The van der Waals surface area contributed by atoms with Crippen molar-refractivity contribution in [3.05, 3.63) is 82.6 Å². The number of esters is 1. The molecule has 7 heteroatoms. The van der Waals surface area contributed by atoms with Gasteiger partial charge in [-0.3, -0.25) is 10.2 Å². The van der Waals surface area contributed by atoms with Crippen molar-refractivity contribution in [3.8, 4) is 5.75 Å². The van der Waals surface area contributed by atoms with Gasteiger partial charge >= 0.3 is 5.97 Å². The molecule has 0 spiro atoms. The van der Waals surface area contributed by atoms with Crippen LogP contribution in [0.3, 0.4) is 0 Å². The zero-order valence-electron chi connectivity index (χ0n) is 15.8. The summed E-state index contributed by atoms with van der Waals surface area (Å²) in [5.74, 6) is 0.200. The van der Waals surface area contributed by atoms with Crippen molar-refractivity contribution in [3.63, 3.8) is 0 Å². The minimum Gasteiger partial charge on any atom is -0.423 e. The van der Waals surface area contributed by atoms with Crippen LogP contribution in [-0.2, 0) is 9.63 Å². The predicted molar refractivity (Wildman–Crippen MR) is 107 cm³/mol. The number of aliphatic imine (C=N–C) groups is 1. The zero-order valence-corrected chi connectivity index (χ0v) is 15.8. The Morgan fingerprint density at radius 2 is 1.79 bits per heavy atom. The van der Waals surface area contributed by atoms with Gasteiger partial charge in [0.25, 0.3) is 5.91 Å². The molecule has 2 heterocycles. The molecule has 0 unspecified atom stereocenters. The van der Waals surface area contributed by atoms with Crippen molar-refractivity contribution in [2.45, 2.75) is 13.8 Å². The average Bonchev–Trinajstić information content (AvgIpc) is 3.07. The molecule has 4 rings (SSSR count). The average molecular weight is 387 g/mol. The molecule has 0 fully saturated rings. The maximum Gasteiger partial charge on any atom is 0.343 e. The van der Waals surface area contributed by atoms with E-state index in [4.69, 9.17) is 15.0 Å². The number of nitrogens with zero attached hydrogens (tertiary/aromatic N) is 2. The first kappa shape index (κ1) is 18.4. The third-order valence-electron chi connectivity index (χ3n) is 4.37. The Morgan fingerprint density at radius 1 is 1.10 bits per heavy atom. The van der Waals surface area contributed by atoms with Crippen LogP contribution in [0.25, 0.3) is 6.08 Å². The van der Waals surface area contributed by atoms with Crippen LogP contribution in [0.1, 0.15) is 28.4 Å². The maximum atomic E-state index is 12.3. The summed E-state index contributed by atoms with van der Waals surface area (Å²) < 4.78 is 5.37. The Bertz CT molecular complexity index is 1110. The molecule has 1 N–H and O–H groups in total. The number of carbonyl (C=O) groups excluding carboxylic acids is 2. The van der Waals surface area contributed by atoms with E-state index in [1.54, 1.807) is 55.5 Å². The molecule has 2 aliphatic rings. The summed E-state index contributed by atoms with van der Waals surface area (Å²) >= 11 is 0. The Morgan fingerprint density at radius 3 is 2.48 bits per heavy atom. The third kappa shape index (κ3) is 3.70. The summed E-state index contributed by atoms with van der Waals surface area (Å²) in [6.07, 6.45) is 3.15. The van der Waals surface area contributed by atoms with Crippen molar-refractivity contribution >= 4 is 29.6 Å². The number of rotatable bonds is 3. The largest absolute Gasteiger partial charge is 0.423 e. The predicted octanol–water partition coefficient (Wildman–Crippen LogP) is 3.66. The second-order valence-corrected chi connectivity index (χ2v) is 6.65. The van der Waals surface area contributed by atoms with E-state index in [1.165, 1.54) is 5.06 Å². The van der Waals surface area contributed by atoms with Crippen molar-refractivity contribution < 1.29 is 19.2 Å². The highest BCUT2D eigenvalue weighted by Gasteiger charge is 2.34. The molecule has 29 heavy (non-hydrogen) atoms. The molecule has 1 amide bonds. The van der Waals surface area contributed by atoms with E-state index in [0.717, 1.165) is 5.56 Å². The summed E-state index contributed by atoms with van der Waals surface area (Å²) in [6.45, 7) is 3.66. The number of hydrogen-bond acceptors (Lipinski definition) is 5. The minimum absolute atomic E-state index is 0.0806. The number of fused-ring (bicyclic) bond motifs is 1. The molecular weight excluding hydrogens is 370 g/mol. The van der Waals surface area contributed by atoms with E-state index in [9.17, 15) is 9.59 Å². The van der Waals surface area contributed by atoms with Gasteiger partial charge in [0.1, 0.15) is 11.5 Å². The molecule has 2 aromatic carbocycles. The van der Waals surface area contributed by atoms with Crippen LogP contribution in [0.15, 0.2) is 70.9 Å². The van der Waals surface area contributed by atoms with Gasteiger partial charge in [-0.1, -0.05) is 29.8 Å². The molecule has 2 aromatic rings. The Balaban J connectivity index is 1.50. The number of nitrogens with one attached hydrogen (secondary N) is 1. The molecule has 0 saturated heterocycles. The smallest absolute Gasteiger partial charge is 0.343 e. The monoisotopic (exact) mass is 387 g/mol. The lowest BCUT2D eigenvalue weighted by Crippen LogP contribution is -2.38. The highest BCUT2D eigenvalue weighted by atomic mass is 16.7. The van der Waals surface area contributed by atoms with Gasteiger partial charge in [0.2, 0.25) is 0 Å². The van der Waals surface area contributed by atoms with Crippen LogP contribution in [0.4, 0.5) is 0 Å². The van der Waals surface area contributed by atoms with Crippen molar-refractivity contribution in [2.24, 2.45) is 4.99 Å². The maximum absolute atomic E-state index is 12.3. The fourth-order valence-electron chi connectivity index (χ4n) is 2.85. The van der Waals surface area contributed by atoms with Crippen molar-refractivity contribution in [1.29, 1.82) is 5.41 Å². The second kappa shape index (κ2) is 7.20. The van der Waals surface area contributed by atoms with Gasteiger partial charge in [-0.15, -0.1) is 5.06 Å². The summed E-state index contributed by atoms with van der Waals surface area (Å²) in [5.41, 5.74) is 2.30. The van der Waals surface area contributed by atoms with Gasteiger partial charge in [-0.2, -0.15) is 4.99 Å². The van der Waals surface area contributed by atoms with Crippen LogP contribution in [0, 0.1) is 12.3 Å². The highest BCUT2D eigenvalue weighted by molar-refractivity contribution is 6.32. The normalized spacial score (nSPS) is 16.9. The molecule has 0 atom stereocenters. The molecule has 0 saturated carbocycles. The Hall–Kier alpha value is -4.00. The number of amidine groups is 2. The Kier molecular flexibility index (Phi) is 4.56. The number of hydrogen-bond donors (Lipinski definition) is 1. The first-order valence-corrected chi connectivity index (χ1v) is 8.90. The SMILES string of the molecule is CC1=CC2=NC(=O)/C(=C/c3ccc(OC(=O)c4ccc(C)cc4)cc3)C(=N)N2O1. The molecule has 0 aromatic heterocycles. The summed E-state index contributed by atoms with van der Waals surface area (Å²) in [5, 5.41) is 9.43. The summed E-state index contributed by atoms with van der Waals surface area (Å²) in [6, 6.07) is 13.8. The van der Waals surface area contributed by atoms with E-state index >= 15 is 0 Å². The van der Waals surface area contributed by atoms with Crippen LogP contribution in [0.2, 0.25) is 0 Å². The zero-order chi connectivity index (χ0) is 20.5. The van der Waals surface area contributed by atoms with Gasteiger partial charge in [0, 0.05) is 6.08 Å². The van der Waals surface area contributed by atoms with Gasteiger partial charge in [0.05, 0.1) is 11.1 Å². The molecular formula is C22H17N3O4. The quantitative estimate of drug-likeness (QED) is 0.493. The number of carbonyl (C=O) groups is 2. The molecule has 144 valence electrons. The lowest BCUT2D eigenvalue weighted by molar-refractivity contribution is -0.114. The molecule has 0 aliphatic carbocycles. The third-order valence-corrected chi connectivity index (χ3v) is 4.37. The van der Waals surface area contributed by atoms with Crippen LogP contribution >= 0.6 is 0 Å². The van der Waals surface area contributed by atoms with E-state index in [1.807, 2.05) is 19.1 Å². The number of allylic oxidation sites excluding steroid dienone is 1.